The van der Waals surface area contributed by atoms with Gasteiger partial charge in [0, 0.05) is 41.6 Å². The molecule has 34 heavy (non-hydrogen) atoms. The van der Waals surface area contributed by atoms with E-state index in [2.05, 4.69) is 53.3 Å². The highest BCUT2D eigenvalue weighted by Gasteiger charge is 2.42. The fourth-order valence-corrected chi connectivity index (χ4v) is 4.76. The number of hydrogen-bond acceptors (Lipinski definition) is 4. The van der Waals surface area contributed by atoms with Crippen LogP contribution in [0.1, 0.15) is 34.6 Å². The number of nitro groups is 1. The SMILES string of the molecule is Cc1ccc(N2C(=S)N[C@@H](c3ccccn3)[C@H]2c2cccn2-c2ccc([N+](=O)[O-])cc2)cc1C. The summed E-state index contributed by atoms with van der Waals surface area (Å²) in [7, 11) is 0. The smallest absolute Gasteiger partial charge is 0.269 e. The van der Waals surface area contributed by atoms with Crippen LogP contribution in [0.5, 0.6) is 0 Å². The molecule has 0 saturated carbocycles. The Bertz CT molecular complexity index is 1370. The van der Waals surface area contributed by atoms with Crippen molar-refractivity contribution in [2.24, 2.45) is 0 Å². The van der Waals surface area contributed by atoms with E-state index in [4.69, 9.17) is 12.2 Å². The van der Waals surface area contributed by atoms with Crippen molar-refractivity contribution in [2.75, 3.05) is 4.90 Å². The van der Waals surface area contributed by atoms with Crippen molar-refractivity contribution in [2.45, 2.75) is 25.9 Å². The normalized spacial score (nSPS) is 17.6. The first kappa shape index (κ1) is 21.8. The molecule has 1 fully saturated rings. The van der Waals surface area contributed by atoms with Crippen molar-refractivity contribution >= 4 is 28.7 Å². The largest absolute Gasteiger partial charge is 0.351 e. The molecule has 1 N–H and O–H groups in total. The molecule has 0 bridgehead atoms. The zero-order valence-electron chi connectivity index (χ0n) is 18.8. The van der Waals surface area contributed by atoms with E-state index in [9.17, 15) is 10.1 Å². The monoisotopic (exact) mass is 469 g/mol. The molecule has 0 spiro atoms. The van der Waals surface area contributed by atoms with Crippen LogP contribution in [0.4, 0.5) is 11.4 Å². The number of nitrogens with one attached hydrogen (secondary N) is 1. The highest BCUT2D eigenvalue weighted by molar-refractivity contribution is 7.80. The van der Waals surface area contributed by atoms with E-state index in [1.54, 1.807) is 18.3 Å². The molecule has 1 aliphatic heterocycles. The highest BCUT2D eigenvalue weighted by atomic mass is 32.1. The molecule has 170 valence electrons. The van der Waals surface area contributed by atoms with Crippen LogP contribution in [-0.2, 0) is 0 Å². The Hall–Kier alpha value is -4.04. The maximum atomic E-state index is 11.1. The molecule has 2 aromatic carbocycles. The number of nitro benzene ring substituents is 1. The third-order valence-electron chi connectivity index (χ3n) is 6.29. The van der Waals surface area contributed by atoms with Crippen molar-refractivity contribution in [1.29, 1.82) is 0 Å². The molecule has 2 aromatic heterocycles. The average Bonchev–Trinajstić information content (AvgIpc) is 3.46. The summed E-state index contributed by atoms with van der Waals surface area (Å²) < 4.78 is 2.05. The Balaban J connectivity index is 1.65. The Morgan fingerprint density at radius 1 is 0.971 bits per heavy atom. The standard InChI is InChI=1S/C26H23N5O2S/c1-17-8-9-21(16-18(17)2)30-25(24(28-26(30)34)22-6-3-4-14-27-22)23-7-5-15-29(23)19-10-12-20(13-11-19)31(32)33/h3-16,24-25H,1-2H3,(H,28,34)/t24-,25+/m0/s1. The van der Waals surface area contributed by atoms with Crippen molar-refractivity contribution < 1.29 is 4.92 Å². The molecule has 8 heteroatoms. The summed E-state index contributed by atoms with van der Waals surface area (Å²) in [6, 6.07) is 22.4. The van der Waals surface area contributed by atoms with Gasteiger partial charge in [-0.05, 0) is 85.7 Å². The Kier molecular flexibility index (Phi) is 5.59. The van der Waals surface area contributed by atoms with Gasteiger partial charge in [0.25, 0.3) is 5.69 Å². The Morgan fingerprint density at radius 3 is 2.41 bits per heavy atom. The molecule has 0 aliphatic carbocycles. The second kappa shape index (κ2) is 8.72. The first-order valence-corrected chi connectivity index (χ1v) is 11.3. The molecular formula is C26H23N5O2S. The molecule has 7 nitrogen and oxygen atoms in total. The third-order valence-corrected chi connectivity index (χ3v) is 6.60. The van der Waals surface area contributed by atoms with Gasteiger partial charge in [-0.1, -0.05) is 12.1 Å². The average molecular weight is 470 g/mol. The molecule has 1 saturated heterocycles. The van der Waals surface area contributed by atoms with Gasteiger partial charge in [-0.3, -0.25) is 15.1 Å². The number of aryl methyl sites for hydroxylation is 2. The highest BCUT2D eigenvalue weighted by Crippen LogP contribution is 2.42. The lowest BCUT2D eigenvalue weighted by Gasteiger charge is -2.29. The number of hydrogen-bond donors (Lipinski definition) is 1. The van der Waals surface area contributed by atoms with Gasteiger partial charge in [-0.25, -0.2) is 0 Å². The van der Waals surface area contributed by atoms with Crippen molar-refractivity contribution in [3.63, 3.8) is 0 Å². The number of pyridine rings is 1. The van der Waals surface area contributed by atoms with Crippen LogP contribution in [0.2, 0.25) is 0 Å². The second-order valence-corrected chi connectivity index (χ2v) is 8.73. The minimum absolute atomic E-state index is 0.0595. The molecular weight excluding hydrogens is 446 g/mol. The summed E-state index contributed by atoms with van der Waals surface area (Å²) in [5, 5.41) is 15.2. The molecule has 4 aromatic rings. The van der Waals surface area contributed by atoms with Gasteiger partial charge in [-0.2, -0.15) is 0 Å². The lowest BCUT2D eigenvalue weighted by Crippen LogP contribution is -2.30. The summed E-state index contributed by atoms with van der Waals surface area (Å²) in [4.78, 5) is 17.5. The fourth-order valence-electron chi connectivity index (χ4n) is 4.41. The zero-order chi connectivity index (χ0) is 23.8. The van der Waals surface area contributed by atoms with Crippen LogP contribution in [0.15, 0.2) is 85.2 Å². The van der Waals surface area contributed by atoms with E-state index in [0.29, 0.717) is 5.11 Å². The van der Waals surface area contributed by atoms with Crippen molar-refractivity contribution in [3.8, 4) is 5.69 Å². The van der Waals surface area contributed by atoms with E-state index in [0.717, 1.165) is 22.8 Å². The molecule has 0 amide bonds. The molecule has 3 heterocycles. The van der Waals surface area contributed by atoms with Gasteiger partial charge in [0.2, 0.25) is 0 Å². The topological polar surface area (TPSA) is 76.2 Å². The number of benzene rings is 2. The van der Waals surface area contributed by atoms with Crippen LogP contribution >= 0.6 is 12.2 Å². The van der Waals surface area contributed by atoms with Crippen molar-refractivity contribution in [3.05, 3.63) is 118 Å². The third kappa shape index (κ3) is 3.82. The predicted octanol–water partition coefficient (Wildman–Crippen LogP) is 5.57. The second-order valence-electron chi connectivity index (χ2n) is 8.34. The van der Waals surface area contributed by atoms with Crippen molar-refractivity contribution in [1.82, 2.24) is 14.9 Å². The molecule has 1 aliphatic rings. The van der Waals surface area contributed by atoms with Gasteiger partial charge in [0.1, 0.15) is 6.04 Å². The van der Waals surface area contributed by atoms with Gasteiger partial charge in [0.05, 0.1) is 16.7 Å². The number of non-ortho nitro benzene ring substituents is 1. The number of rotatable bonds is 5. The first-order valence-electron chi connectivity index (χ1n) is 10.9. The van der Waals surface area contributed by atoms with Gasteiger partial charge in [0.15, 0.2) is 5.11 Å². The minimum atomic E-state index is -0.391. The summed E-state index contributed by atoms with van der Waals surface area (Å²) in [6.07, 6.45) is 3.75. The minimum Gasteiger partial charge on any atom is -0.351 e. The number of thiocarbonyl (C=S) groups is 1. The lowest BCUT2D eigenvalue weighted by molar-refractivity contribution is -0.384. The molecule has 0 radical (unpaired) electrons. The molecule has 2 atom stereocenters. The van der Waals surface area contributed by atoms with Crippen LogP contribution in [0, 0.1) is 24.0 Å². The van der Waals surface area contributed by atoms with E-state index in [-0.39, 0.29) is 17.8 Å². The Morgan fingerprint density at radius 2 is 1.74 bits per heavy atom. The van der Waals surface area contributed by atoms with Gasteiger partial charge >= 0.3 is 0 Å². The maximum absolute atomic E-state index is 11.1. The lowest BCUT2D eigenvalue weighted by atomic mass is 10.00. The van der Waals surface area contributed by atoms with Gasteiger partial charge in [-0.15, -0.1) is 0 Å². The summed E-state index contributed by atoms with van der Waals surface area (Å²) in [6.45, 7) is 4.18. The number of anilines is 1. The molecule has 0 unspecified atom stereocenters. The van der Waals surface area contributed by atoms with E-state index < -0.39 is 4.92 Å². The van der Waals surface area contributed by atoms with Crippen LogP contribution < -0.4 is 10.2 Å². The molecule has 5 rings (SSSR count). The Labute approximate surface area is 202 Å². The summed E-state index contributed by atoms with van der Waals surface area (Å²) >= 11 is 5.84. The number of aromatic nitrogens is 2. The summed E-state index contributed by atoms with van der Waals surface area (Å²) in [5.74, 6) is 0. The van der Waals surface area contributed by atoms with E-state index in [1.165, 1.54) is 23.3 Å². The zero-order valence-corrected chi connectivity index (χ0v) is 19.6. The first-order chi connectivity index (χ1) is 16.4. The maximum Gasteiger partial charge on any atom is 0.269 e. The van der Waals surface area contributed by atoms with Crippen LogP contribution in [0.25, 0.3) is 5.69 Å². The predicted molar refractivity (Wildman–Crippen MR) is 136 cm³/mol. The van der Waals surface area contributed by atoms with E-state index >= 15 is 0 Å². The fraction of sp³-hybridized carbons (Fsp3) is 0.154. The van der Waals surface area contributed by atoms with E-state index in [1.807, 2.05) is 35.0 Å². The quantitative estimate of drug-likeness (QED) is 0.234. The summed E-state index contributed by atoms with van der Waals surface area (Å²) in [5.41, 5.74) is 6.18. The van der Waals surface area contributed by atoms with Crippen LogP contribution in [0.3, 0.4) is 0 Å². The van der Waals surface area contributed by atoms with Crippen LogP contribution in [-0.4, -0.2) is 19.6 Å². The number of nitrogens with zero attached hydrogens (tertiary/aromatic N) is 4. The van der Waals surface area contributed by atoms with Gasteiger partial charge < -0.3 is 14.8 Å².